The summed E-state index contributed by atoms with van der Waals surface area (Å²) in [6.07, 6.45) is 2.96. The molecule has 2 aromatic rings. The first-order valence-corrected chi connectivity index (χ1v) is 11.1. The van der Waals surface area contributed by atoms with Gasteiger partial charge in [0.1, 0.15) is 4.21 Å². The highest BCUT2D eigenvalue weighted by Crippen LogP contribution is 2.41. The highest BCUT2D eigenvalue weighted by molar-refractivity contribution is 7.91. The van der Waals surface area contributed by atoms with Gasteiger partial charge >= 0.3 is 0 Å². The van der Waals surface area contributed by atoms with E-state index in [1.807, 2.05) is 19.1 Å². The van der Waals surface area contributed by atoms with Crippen LogP contribution in [0, 0.1) is 6.92 Å². The van der Waals surface area contributed by atoms with E-state index in [-0.39, 0.29) is 12.1 Å². The minimum Gasteiger partial charge on any atom is -0.301 e. The van der Waals surface area contributed by atoms with Crippen molar-refractivity contribution in [2.75, 3.05) is 20.1 Å². The summed E-state index contributed by atoms with van der Waals surface area (Å²) < 4.78 is 29.0. The lowest BCUT2D eigenvalue weighted by Crippen LogP contribution is -2.47. The van der Waals surface area contributed by atoms with Crippen molar-refractivity contribution < 1.29 is 8.42 Å². The summed E-state index contributed by atoms with van der Waals surface area (Å²) in [6.45, 7) is 3.55. The van der Waals surface area contributed by atoms with E-state index in [1.165, 1.54) is 22.5 Å². The summed E-state index contributed by atoms with van der Waals surface area (Å²) in [7, 11) is -1.35. The second kappa shape index (κ2) is 6.50. The second-order valence-corrected chi connectivity index (χ2v) is 10.5. The predicted molar refractivity (Wildman–Crippen MR) is 101 cm³/mol. The van der Waals surface area contributed by atoms with Gasteiger partial charge in [-0.3, -0.25) is 0 Å². The standard InChI is InChI=1S/C19H24N2O2S2/c1-14-9-10-18(24-14)25(22,23)21-13-11-15-6-3-4-7-16(15)19(21)17-8-5-12-20(17)2/h3-4,6-7,9-10,17,19H,5,8,11-13H2,1-2H3. The molecule has 2 aliphatic heterocycles. The summed E-state index contributed by atoms with van der Waals surface area (Å²) in [5.41, 5.74) is 2.48. The molecule has 25 heavy (non-hydrogen) atoms. The van der Waals surface area contributed by atoms with Crippen LogP contribution in [0.5, 0.6) is 0 Å². The summed E-state index contributed by atoms with van der Waals surface area (Å²) >= 11 is 1.37. The van der Waals surface area contributed by atoms with Gasteiger partial charge < -0.3 is 4.90 Å². The minimum atomic E-state index is -3.47. The Balaban J connectivity index is 1.81. The molecule has 0 bridgehead atoms. The van der Waals surface area contributed by atoms with E-state index in [1.54, 1.807) is 10.4 Å². The fourth-order valence-corrected chi connectivity index (χ4v) is 7.29. The van der Waals surface area contributed by atoms with Gasteiger partial charge in [-0.25, -0.2) is 8.42 Å². The molecule has 1 aromatic carbocycles. The number of aryl methyl sites for hydroxylation is 1. The van der Waals surface area contributed by atoms with Crippen LogP contribution in [0.1, 0.15) is 34.9 Å². The molecule has 1 aromatic heterocycles. The maximum atomic E-state index is 13.4. The first-order chi connectivity index (χ1) is 12.0. The lowest BCUT2D eigenvalue weighted by Gasteiger charge is -2.41. The topological polar surface area (TPSA) is 40.6 Å². The second-order valence-electron chi connectivity index (χ2n) is 7.06. The van der Waals surface area contributed by atoms with Crippen molar-refractivity contribution in [2.45, 2.75) is 42.5 Å². The molecular weight excluding hydrogens is 352 g/mol. The highest BCUT2D eigenvalue weighted by atomic mass is 32.2. The van der Waals surface area contributed by atoms with Gasteiger partial charge in [0.05, 0.1) is 6.04 Å². The van der Waals surface area contributed by atoms with E-state index < -0.39 is 10.0 Å². The highest BCUT2D eigenvalue weighted by Gasteiger charge is 2.43. The molecule has 2 unspecified atom stereocenters. The van der Waals surface area contributed by atoms with Gasteiger partial charge in [0.2, 0.25) is 0 Å². The molecule has 0 amide bonds. The third-order valence-electron chi connectivity index (χ3n) is 5.51. The van der Waals surface area contributed by atoms with Gasteiger partial charge in [-0.1, -0.05) is 24.3 Å². The Morgan fingerprint density at radius 2 is 1.92 bits per heavy atom. The van der Waals surface area contributed by atoms with Crippen LogP contribution in [0.4, 0.5) is 0 Å². The van der Waals surface area contributed by atoms with Crippen LogP contribution in [0.15, 0.2) is 40.6 Å². The van der Waals surface area contributed by atoms with Crippen molar-refractivity contribution in [1.82, 2.24) is 9.21 Å². The normalized spacial score (nSPS) is 25.2. The Bertz CT molecular complexity index is 875. The van der Waals surface area contributed by atoms with Crippen molar-refractivity contribution in [3.8, 4) is 0 Å². The zero-order chi connectivity index (χ0) is 17.6. The Hall–Kier alpha value is -1.21. The van der Waals surface area contributed by atoms with Crippen LogP contribution < -0.4 is 0 Å². The fourth-order valence-electron chi connectivity index (χ4n) is 4.25. The molecule has 2 aliphatic rings. The number of thiophene rings is 1. The molecule has 6 heteroatoms. The van der Waals surface area contributed by atoms with E-state index in [0.717, 1.165) is 30.7 Å². The maximum absolute atomic E-state index is 13.4. The van der Waals surface area contributed by atoms with E-state index in [9.17, 15) is 8.42 Å². The van der Waals surface area contributed by atoms with E-state index in [4.69, 9.17) is 0 Å². The van der Waals surface area contributed by atoms with Crippen LogP contribution in [0.3, 0.4) is 0 Å². The Kier molecular flexibility index (Phi) is 4.48. The molecule has 1 fully saturated rings. The Labute approximate surface area is 154 Å². The average molecular weight is 377 g/mol. The van der Waals surface area contributed by atoms with E-state index >= 15 is 0 Å². The molecular formula is C19H24N2O2S2. The van der Waals surface area contributed by atoms with Crippen molar-refractivity contribution >= 4 is 21.4 Å². The van der Waals surface area contributed by atoms with Crippen LogP contribution in [0.25, 0.3) is 0 Å². The van der Waals surface area contributed by atoms with Gasteiger partial charge in [0, 0.05) is 17.5 Å². The van der Waals surface area contributed by atoms with Crippen LogP contribution in [0.2, 0.25) is 0 Å². The van der Waals surface area contributed by atoms with Crippen molar-refractivity contribution in [1.29, 1.82) is 0 Å². The largest absolute Gasteiger partial charge is 0.301 e. The fraction of sp³-hybridized carbons (Fsp3) is 0.474. The lowest BCUT2D eigenvalue weighted by molar-refractivity contribution is 0.175. The van der Waals surface area contributed by atoms with Crippen molar-refractivity contribution in [3.05, 3.63) is 52.4 Å². The zero-order valence-electron chi connectivity index (χ0n) is 14.7. The summed E-state index contributed by atoms with van der Waals surface area (Å²) in [6, 6.07) is 12.2. The first kappa shape index (κ1) is 17.2. The van der Waals surface area contributed by atoms with Gasteiger partial charge in [-0.2, -0.15) is 4.31 Å². The number of nitrogens with zero attached hydrogens (tertiary/aromatic N) is 2. The van der Waals surface area contributed by atoms with E-state index in [0.29, 0.717) is 10.8 Å². The molecule has 4 rings (SSSR count). The van der Waals surface area contributed by atoms with Crippen molar-refractivity contribution in [3.63, 3.8) is 0 Å². The van der Waals surface area contributed by atoms with Crippen LogP contribution in [-0.4, -0.2) is 43.8 Å². The molecule has 134 valence electrons. The molecule has 0 saturated carbocycles. The predicted octanol–water partition coefficient (Wildman–Crippen LogP) is 3.44. The number of sulfonamides is 1. The number of rotatable bonds is 3. The first-order valence-electron chi connectivity index (χ1n) is 8.85. The molecule has 0 radical (unpaired) electrons. The molecule has 1 saturated heterocycles. The third-order valence-corrected chi connectivity index (χ3v) is 8.85. The van der Waals surface area contributed by atoms with Crippen molar-refractivity contribution in [2.24, 2.45) is 0 Å². The molecule has 0 N–H and O–H groups in total. The van der Waals surface area contributed by atoms with Crippen LogP contribution >= 0.6 is 11.3 Å². The lowest BCUT2D eigenvalue weighted by atomic mass is 9.89. The molecule has 0 spiro atoms. The Morgan fingerprint density at radius 1 is 1.12 bits per heavy atom. The number of likely N-dealkylation sites (tertiary alicyclic amines) is 1. The minimum absolute atomic E-state index is 0.0927. The summed E-state index contributed by atoms with van der Waals surface area (Å²) in [4.78, 5) is 3.36. The van der Waals surface area contributed by atoms with Gasteiger partial charge in [-0.15, -0.1) is 11.3 Å². The number of hydrogen-bond acceptors (Lipinski definition) is 4. The van der Waals surface area contributed by atoms with Gasteiger partial charge in [0.25, 0.3) is 10.0 Å². The summed E-state index contributed by atoms with van der Waals surface area (Å²) in [5.74, 6) is 0. The number of likely N-dealkylation sites (N-methyl/N-ethyl adjacent to an activating group) is 1. The monoisotopic (exact) mass is 376 g/mol. The number of fused-ring (bicyclic) bond motifs is 1. The number of hydrogen-bond donors (Lipinski definition) is 0. The zero-order valence-corrected chi connectivity index (χ0v) is 16.3. The smallest absolute Gasteiger partial charge is 0.253 e. The quantitative estimate of drug-likeness (QED) is 0.824. The third kappa shape index (κ3) is 2.95. The molecule has 2 atom stereocenters. The van der Waals surface area contributed by atoms with Gasteiger partial charge in [-0.05, 0) is 63.0 Å². The average Bonchev–Trinajstić information content (AvgIpc) is 3.22. The maximum Gasteiger partial charge on any atom is 0.253 e. The molecule has 3 heterocycles. The Morgan fingerprint density at radius 3 is 2.60 bits per heavy atom. The van der Waals surface area contributed by atoms with Gasteiger partial charge in [0.15, 0.2) is 0 Å². The molecule has 4 nitrogen and oxygen atoms in total. The number of benzene rings is 1. The van der Waals surface area contributed by atoms with E-state index in [2.05, 4.69) is 30.1 Å². The SMILES string of the molecule is Cc1ccc(S(=O)(=O)N2CCc3ccccc3C2C2CCCN2C)s1. The summed E-state index contributed by atoms with van der Waals surface area (Å²) in [5, 5.41) is 0. The molecule has 0 aliphatic carbocycles. The van der Waals surface area contributed by atoms with Crippen LogP contribution in [-0.2, 0) is 16.4 Å².